The van der Waals surface area contributed by atoms with Crippen LogP contribution in [0.3, 0.4) is 0 Å². The van der Waals surface area contributed by atoms with Gasteiger partial charge in [-0.3, -0.25) is 9.59 Å². The highest BCUT2D eigenvalue weighted by Crippen LogP contribution is 2.36. The highest BCUT2D eigenvalue weighted by molar-refractivity contribution is 7.13. The molecular weight excluding hydrogens is 372 g/mol. The number of benzene rings is 1. The van der Waals surface area contributed by atoms with E-state index in [0.29, 0.717) is 5.56 Å². The van der Waals surface area contributed by atoms with Gasteiger partial charge in [-0.15, -0.1) is 0 Å². The fourth-order valence-electron chi connectivity index (χ4n) is 1.86. The second-order valence-corrected chi connectivity index (χ2v) is 15.2. The lowest BCUT2D eigenvalue weighted by Gasteiger charge is -2.34. The number of carbonyl (C=O) groups excluding carboxylic acids is 3. The first kappa shape index (κ1) is 26.2. The molecule has 0 aliphatic rings. The van der Waals surface area contributed by atoms with Gasteiger partial charge in [-0.25, -0.2) is 4.79 Å². The Kier molecular flexibility index (Phi) is 8.55. The van der Waals surface area contributed by atoms with Crippen LogP contribution in [-0.4, -0.2) is 41.5 Å². The third-order valence-corrected chi connectivity index (χ3v) is 9.71. The summed E-state index contributed by atoms with van der Waals surface area (Å²) in [6, 6.07) is 8.78. The molecule has 158 valence electrons. The number of rotatable bonds is 4. The summed E-state index contributed by atoms with van der Waals surface area (Å²) in [5, 5.41) is 8.93. The molecule has 0 amide bonds. The Balaban J connectivity index is 0.000000540. The Morgan fingerprint density at radius 3 is 1.61 bits per heavy atom. The maximum Gasteiger partial charge on any atom is 0.369 e. The second kappa shape index (κ2) is 9.14. The first-order chi connectivity index (χ1) is 12.3. The van der Waals surface area contributed by atoms with Gasteiger partial charge in [0.15, 0.2) is 5.78 Å². The Morgan fingerprint density at radius 1 is 0.857 bits per heavy atom. The van der Waals surface area contributed by atoms with Gasteiger partial charge in [0.05, 0.1) is 0 Å². The summed E-state index contributed by atoms with van der Waals surface area (Å²) in [5.41, 5.74) is -1.33. The van der Waals surface area contributed by atoms with Gasteiger partial charge in [-0.1, -0.05) is 64.2 Å². The van der Waals surface area contributed by atoms with Crippen LogP contribution < -0.4 is 0 Å². The van der Waals surface area contributed by atoms with Gasteiger partial charge in [-0.2, -0.15) is 0 Å². The summed E-state index contributed by atoms with van der Waals surface area (Å²) in [5.74, 6) is -0.929. The van der Waals surface area contributed by atoms with Gasteiger partial charge in [0.25, 0.3) is 0 Å². The summed E-state index contributed by atoms with van der Waals surface area (Å²) in [4.78, 5) is 35.2. The minimum atomic E-state index is -2.28. The molecule has 0 saturated heterocycles. The van der Waals surface area contributed by atoms with Crippen molar-refractivity contribution in [3.63, 3.8) is 0 Å². The van der Waals surface area contributed by atoms with Gasteiger partial charge in [0.1, 0.15) is 19.3 Å². The molecule has 0 radical (unpaired) electrons. The van der Waals surface area contributed by atoms with Crippen LogP contribution in [0.25, 0.3) is 0 Å². The fourth-order valence-corrected chi connectivity index (χ4v) is 3.11. The molecule has 0 fully saturated rings. The van der Waals surface area contributed by atoms with Crippen LogP contribution in [0.15, 0.2) is 30.3 Å². The number of hydrogen-bond donors (Lipinski definition) is 1. The molecule has 0 aromatic heterocycles. The van der Waals surface area contributed by atoms with Crippen LogP contribution in [-0.2, 0) is 14.3 Å². The molecule has 1 aromatic carbocycles. The quantitative estimate of drug-likeness (QED) is 0.341. The Labute approximate surface area is 170 Å². The Morgan fingerprint density at radius 2 is 1.29 bits per heavy atom. The average molecular weight is 409 g/mol. The molecule has 0 saturated carbocycles. The predicted molar refractivity (Wildman–Crippen MR) is 115 cm³/mol. The second-order valence-electron chi connectivity index (χ2n) is 9.96. The highest BCUT2D eigenvalue weighted by atomic mass is 28.3. The standard InChI is InChI=1S/C12H24O3Si.C10H12O2/c1-11(2,3)15-9(13)10(14)16(7,8)12(4,5)6;1-10(2,12)9(11)8-6-4-3-5-7-8/h1-8H3;3-7,12H,1-2H3. The molecule has 0 aliphatic carbocycles. The van der Waals surface area contributed by atoms with E-state index in [1.165, 1.54) is 13.8 Å². The SMILES string of the molecule is CC(C)(C)OC(=O)C(=O)[Si](C)(C)C(C)(C)C.CC(C)(O)C(=O)c1ccccc1. The summed E-state index contributed by atoms with van der Waals surface area (Å²) in [7, 11) is -2.28. The number of carbonyl (C=O) groups is 3. The zero-order chi connectivity index (χ0) is 22.6. The van der Waals surface area contributed by atoms with Crippen LogP contribution in [0.4, 0.5) is 0 Å². The molecule has 0 bridgehead atoms. The molecule has 0 aliphatic heterocycles. The number of aliphatic hydroxyl groups is 1. The molecule has 1 N–H and O–H groups in total. The summed E-state index contributed by atoms with van der Waals surface area (Å²) in [6.07, 6.45) is 0. The van der Waals surface area contributed by atoms with E-state index < -0.39 is 25.2 Å². The number of Topliss-reactive ketones (excluding diaryl/α,β-unsaturated/α-hetero) is 1. The molecular formula is C22H36O5Si. The van der Waals surface area contributed by atoms with Crippen molar-refractivity contribution in [2.75, 3.05) is 0 Å². The zero-order valence-corrected chi connectivity index (χ0v) is 20.0. The lowest BCUT2D eigenvalue weighted by molar-refractivity contribution is -0.159. The minimum Gasteiger partial charge on any atom is -0.455 e. The van der Waals surface area contributed by atoms with Gasteiger partial charge >= 0.3 is 5.97 Å². The first-order valence-electron chi connectivity index (χ1n) is 9.40. The summed E-state index contributed by atoms with van der Waals surface area (Å²) < 4.78 is 5.13. The zero-order valence-electron chi connectivity index (χ0n) is 19.0. The van der Waals surface area contributed by atoms with Crippen molar-refractivity contribution in [3.8, 4) is 0 Å². The molecule has 5 nitrogen and oxygen atoms in total. The van der Waals surface area contributed by atoms with Crippen molar-refractivity contribution in [2.45, 2.75) is 84.7 Å². The van der Waals surface area contributed by atoms with Crippen LogP contribution in [0.2, 0.25) is 18.1 Å². The van der Waals surface area contributed by atoms with Crippen molar-refractivity contribution >= 4 is 25.2 Å². The predicted octanol–water partition coefficient (Wildman–Crippen LogP) is 4.59. The number of ketones is 1. The van der Waals surface area contributed by atoms with Crippen molar-refractivity contribution in [2.24, 2.45) is 0 Å². The fraction of sp³-hybridized carbons (Fsp3) is 0.591. The third-order valence-electron chi connectivity index (χ3n) is 4.62. The molecule has 0 heterocycles. The van der Waals surface area contributed by atoms with Crippen LogP contribution in [0, 0.1) is 0 Å². The van der Waals surface area contributed by atoms with Crippen molar-refractivity contribution in [1.82, 2.24) is 0 Å². The van der Waals surface area contributed by atoms with E-state index in [4.69, 9.17) is 4.74 Å². The largest absolute Gasteiger partial charge is 0.455 e. The van der Waals surface area contributed by atoms with E-state index >= 15 is 0 Å². The highest BCUT2D eigenvalue weighted by Gasteiger charge is 2.46. The van der Waals surface area contributed by atoms with E-state index in [9.17, 15) is 19.5 Å². The minimum absolute atomic E-state index is 0.138. The van der Waals surface area contributed by atoms with E-state index in [0.717, 1.165) is 0 Å². The molecule has 0 unspecified atom stereocenters. The van der Waals surface area contributed by atoms with Gasteiger partial charge in [0, 0.05) is 5.56 Å². The average Bonchev–Trinajstić information content (AvgIpc) is 2.51. The molecule has 0 atom stereocenters. The van der Waals surface area contributed by atoms with Crippen LogP contribution >= 0.6 is 0 Å². The number of esters is 1. The molecule has 0 spiro atoms. The van der Waals surface area contributed by atoms with Gasteiger partial charge < -0.3 is 9.84 Å². The summed E-state index contributed by atoms with van der Waals surface area (Å²) in [6.45, 7) is 18.1. The number of hydrogen-bond acceptors (Lipinski definition) is 5. The third kappa shape index (κ3) is 8.06. The van der Waals surface area contributed by atoms with E-state index in [-0.39, 0.29) is 16.2 Å². The Bertz CT molecular complexity index is 686. The normalized spacial score (nSPS) is 12.5. The lowest BCUT2D eigenvalue weighted by atomic mass is 9.97. The maximum atomic E-state index is 12.1. The molecule has 1 rings (SSSR count). The first-order valence-corrected chi connectivity index (χ1v) is 12.4. The molecule has 1 aromatic rings. The monoisotopic (exact) mass is 408 g/mol. The van der Waals surface area contributed by atoms with Crippen molar-refractivity contribution in [1.29, 1.82) is 0 Å². The van der Waals surface area contributed by atoms with Crippen LogP contribution in [0.1, 0.15) is 65.7 Å². The van der Waals surface area contributed by atoms with E-state index in [1.54, 1.807) is 45.0 Å². The van der Waals surface area contributed by atoms with E-state index in [1.807, 2.05) is 39.9 Å². The Hall–Kier alpha value is -1.79. The smallest absolute Gasteiger partial charge is 0.369 e. The van der Waals surface area contributed by atoms with Crippen LogP contribution in [0.5, 0.6) is 0 Å². The van der Waals surface area contributed by atoms with Gasteiger partial charge in [0.2, 0.25) is 5.41 Å². The van der Waals surface area contributed by atoms with E-state index in [2.05, 4.69) is 0 Å². The lowest BCUT2D eigenvalue weighted by Crippen LogP contribution is -2.51. The van der Waals surface area contributed by atoms with Crippen molar-refractivity contribution < 1.29 is 24.2 Å². The van der Waals surface area contributed by atoms with Gasteiger partial charge in [-0.05, 0) is 39.7 Å². The maximum absolute atomic E-state index is 12.1. The number of ether oxygens (including phenoxy) is 1. The topological polar surface area (TPSA) is 80.7 Å². The molecule has 28 heavy (non-hydrogen) atoms. The van der Waals surface area contributed by atoms with Crippen molar-refractivity contribution in [3.05, 3.63) is 35.9 Å². The summed E-state index contributed by atoms with van der Waals surface area (Å²) >= 11 is 0. The molecule has 6 heteroatoms.